The van der Waals surface area contributed by atoms with Gasteiger partial charge in [-0.25, -0.2) is 13.4 Å². The predicted molar refractivity (Wildman–Crippen MR) is 129 cm³/mol. The standard InChI is InChI=1S/C25H30N4O4S/c1-18-12-15-29(16-13-18)34(31,32)22-10-6-20(7-11-22)25(30)27-23(24-26-14-17-28(24)2)19-4-8-21(33-3)9-5-19/h4-11,14,17-18,23H,12-13,15-16H2,1-3H3,(H,27,30). The van der Waals surface area contributed by atoms with Crippen molar-refractivity contribution in [3.63, 3.8) is 0 Å². The molecule has 0 saturated carbocycles. The number of aryl methyl sites for hydroxylation is 1. The molecule has 1 N–H and O–H groups in total. The van der Waals surface area contributed by atoms with Crippen LogP contribution in [-0.2, 0) is 17.1 Å². The number of amides is 1. The zero-order chi connectivity index (χ0) is 24.3. The summed E-state index contributed by atoms with van der Waals surface area (Å²) in [5.41, 5.74) is 1.22. The molecule has 1 saturated heterocycles. The quantitative estimate of drug-likeness (QED) is 0.557. The van der Waals surface area contributed by atoms with Crippen LogP contribution in [0.25, 0.3) is 0 Å². The van der Waals surface area contributed by atoms with Gasteiger partial charge in [0.15, 0.2) is 0 Å². The Bertz CT molecular complexity index is 1230. The lowest BCUT2D eigenvalue weighted by Crippen LogP contribution is -2.37. The summed E-state index contributed by atoms with van der Waals surface area (Å²) in [5, 5.41) is 3.03. The first-order chi connectivity index (χ1) is 16.3. The van der Waals surface area contributed by atoms with Crippen molar-refractivity contribution in [1.29, 1.82) is 0 Å². The van der Waals surface area contributed by atoms with Crippen LogP contribution in [0.2, 0.25) is 0 Å². The highest BCUT2D eigenvalue weighted by atomic mass is 32.2. The van der Waals surface area contributed by atoms with Crippen LogP contribution in [-0.4, -0.2) is 48.4 Å². The van der Waals surface area contributed by atoms with Crippen molar-refractivity contribution in [3.05, 3.63) is 77.9 Å². The van der Waals surface area contributed by atoms with E-state index in [1.165, 1.54) is 16.4 Å². The molecular weight excluding hydrogens is 452 g/mol. The Balaban J connectivity index is 1.54. The van der Waals surface area contributed by atoms with Crippen LogP contribution in [0.15, 0.2) is 65.8 Å². The number of carbonyl (C=O) groups excluding carboxylic acids is 1. The van der Waals surface area contributed by atoms with Gasteiger partial charge in [0.25, 0.3) is 5.91 Å². The minimum Gasteiger partial charge on any atom is -0.497 e. The molecule has 3 aromatic rings. The normalized spacial score (nSPS) is 16.2. The molecule has 4 rings (SSSR count). The molecule has 8 nitrogen and oxygen atoms in total. The van der Waals surface area contributed by atoms with Crippen molar-refractivity contribution >= 4 is 15.9 Å². The number of benzene rings is 2. The smallest absolute Gasteiger partial charge is 0.252 e. The van der Waals surface area contributed by atoms with E-state index in [9.17, 15) is 13.2 Å². The molecule has 2 heterocycles. The highest BCUT2D eigenvalue weighted by Crippen LogP contribution is 2.25. The molecule has 1 fully saturated rings. The van der Waals surface area contributed by atoms with Crippen LogP contribution in [0, 0.1) is 5.92 Å². The number of imidazole rings is 1. The number of aromatic nitrogens is 2. The molecule has 1 unspecified atom stereocenters. The molecular formula is C25H30N4O4S. The Morgan fingerprint density at radius 2 is 1.74 bits per heavy atom. The summed E-state index contributed by atoms with van der Waals surface area (Å²) < 4.78 is 34.6. The van der Waals surface area contributed by atoms with E-state index in [1.807, 2.05) is 42.1 Å². The van der Waals surface area contributed by atoms with Crippen molar-refractivity contribution in [2.45, 2.75) is 30.7 Å². The van der Waals surface area contributed by atoms with Gasteiger partial charge in [0.2, 0.25) is 10.0 Å². The SMILES string of the molecule is COc1ccc(C(NC(=O)c2ccc(S(=O)(=O)N3CCC(C)CC3)cc2)c2nccn2C)cc1. The molecule has 1 amide bonds. The van der Waals surface area contributed by atoms with Crippen molar-refractivity contribution < 1.29 is 17.9 Å². The minimum atomic E-state index is -3.57. The number of nitrogens with one attached hydrogen (secondary N) is 1. The Morgan fingerprint density at radius 3 is 2.29 bits per heavy atom. The van der Waals surface area contributed by atoms with E-state index < -0.39 is 16.1 Å². The van der Waals surface area contributed by atoms with Crippen LogP contribution in [0.4, 0.5) is 0 Å². The van der Waals surface area contributed by atoms with Crippen LogP contribution in [0.1, 0.15) is 47.6 Å². The first-order valence-electron chi connectivity index (χ1n) is 11.3. The predicted octanol–water partition coefficient (Wildman–Crippen LogP) is 3.37. The summed E-state index contributed by atoms with van der Waals surface area (Å²) in [6, 6.07) is 13.1. The lowest BCUT2D eigenvalue weighted by Gasteiger charge is -2.29. The van der Waals surface area contributed by atoms with Gasteiger partial charge in [-0.3, -0.25) is 4.79 Å². The second-order valence-corrected chi connectivity index (χ2v) is 10.6. The molecule has 34 heavy (non-hydrogen) atoms. The van der Waals surface area contributed by atoms with Gasteiger partial charge in [0.1, 0.15) is 17.6 Å². The maximum Gasteiger partial charge on any atom is 0.252 e. The van der Waals surface area contributed by atoms with E-state index in [-0.39, 0.29) is 10.8 Å². The first kappa shape index (κ1) is 24.0. The Labute approximate surface area is 200 Å². The number of carbonyl (C=O) groups is 1. The monoisotopic (exact) mass is 482 g/mol. The maximum absolute atomic E-state index is 13.1. The van der Waals surface area contributed by atoms with E-state index in [2.05, 4.69) is 17.2 Å². The van der Waals surface area contributed by atoms with Gasteiger partial charge in [0.05, 0.1) is 12.0 Å². The third-order valence-corrected chi connectivity index (χ3v) is 8.25. The van der Waals surface area contributed by atoms with Crippen LogP contribution >= 0.6 is 0 Å². The summed E-state index contributed by atoms with van der Waals surface area (Å²) in [6.07, 6.45) is 5.22. The van der Waals surface area contributed by atoms with Crippen LogP contribution in [0.3, 0.4) is 0 Å². The molecule has 0 spiro atoms. The molecule has 0 aliphatic carbocycles. The Hall–Kier alpha value is -3.17. The van der Waals surface area contributed by atoms with Gasteiger partial charge in [-0.1, -0.05) is 19.1 Å². The van der Waals surface area contributed by atoms with Gasteiger partial charge in [-0.05, 0) is 60.7 Å². The van der Waals surface area contributed by atoms with E-state index >= 15 is 0 Å². The zero-order valence-corrected chi connectivity index (χ0v) is 20.5. The summed E-state index contributed by atoms with van der Waals surface area (Å²) in [5.74, 6) is 1.61. The number of methoxy groups -OCH3 is 1. The molecule has 2 aromatic carbocycles. The molecule has 1 aliphatic heterocycles. The zero-order valence-electron chi connectivity index (χ0n) is 19.6. The number of hydrogen-bond donors (Lipinski definition) is 1. The number of rotatable bonds is 7. The molecule has 1 aromatic heterocycles. The minimum absolute atomic E-state index is 0.203. The number of nitrogens with zero attached hydrogens (tertiary/aromatic N) is 3. The van der Waals surface area contributed by atoms with Crippen molar-refractivity contribution in [2.75, 3.05) is 20.2 Å². The molecule has 9 heteroatoms. The van der Waals surface area contributed by atoms with Crippen molar-refractivity contribution in [1.82, 2.24) is 19.2 Å². The Morgan fingerprint density at radius 1 is 1.09 bits per heavy atom. The van der Waals surface area contributed by atoms with Crippen LogP contribution in [0.5, 0.6) is 5.75 Å². The fraction of sp³-hybridized carbons (Fsp3) is 0.360. The highest BCUT2D eigenvalue weighted by molar-refractivity contribution is 7.89. The maximum atomic E-state index is 13.1. The fourth-order valence-electron chi connectivity index (χ4n) is 4.12. The van der Waals surface area contributed by atoms with Crippen LogP contribution < -0.4 is 10.1 Å². The topological polar surface area (TPSA) is 93.5 Å². The van der Waals surface area contributed by atoms with E-state index in [1.54, 1.807) is 25.4 Å². The summed E-state index contributed by atoms with van der Waals surface area (Å²) in [4.78, 5) is 17.7. The van der Waals surface area contributed by atoms with Crippen molar-refractivity contribution in [2.24, 2.45) is 13.0 Å². The number of ether oxygens (including phenoxy) is 1. The van der Waals surface area contributed by atoms with Gasteiger partial charge in [-0.2, -0.15) is 4.31 Å². The lowest BCUT2D eigenvalue weighted by atomic mass is 10.0. The van der Waals surface area contributed by atoms with Gasteiger partial charge in [-0.15, -0.1) is 0 Å². The molecule has 0 radical (unpaired) electrons. The molecule has 1 atom stereocenters. The third-order valence-electron chi connectivity index (χ3n) is 6.34. The third kappa shape index (κ3) is 5.00. The largest absolute Gasteiger partial charge is 0.497 e. The Kier molecular flexibility index (Phi) is 7.04. The molecule has 180 valence electrons. The lowest BCUT2D eigenvalue weighted by molar-refractivity contribution is 0.0941. The van der Waals surface area contributed by atoms with Gasteiger partial charge >= 0.3 is 0 Å². The number of hydrogen-bond acceptors (Lipinski definition) is 5. The molecule has 0 bridgehead atoms. The first-order valence-corrected chi connectivity index (χ1v) is 12.8. The fourth-order valence-corrected chi connectivity index (χ4v) is 5.59. The average molecular weight is 483 g/mol. The van der Waals surface area contributed by atoms with Gasteiger partial charge in [0, 0.05) is 38.1 Å². The second kappa shape index (κ2) is 9.99. The van der Waals surface area contributed by atoms with Crippen molar-refractivity contribution in [3.8, 4) is 5.75 Å². The highest BCUT2D eigenvalue weighted by Gasteiger charge is 2.28. The summed E-state index contributed by atoms with van der Waals surface area (Å²) in [6.45, 7) is 3.19. The number of piperidine rings is 1. The second-order valence-electron chi connectivity index (χ2n) is 8.69. The van der Waals surface area contributed by atoms with E-state index in [0.29, 0.717) is 36.1 Å². The summed E-state index contributed by atoms with van der Waals surface area (Å²) >= 11 is 0. The number of sulfonamides is 1. The van der Waals surface area contributed by atoms with Gasteiger partial charge < -0.3 is 14.6 Å². The average Bonchev–Trinajstić information content (AvgIpc) is 3.28. The van der Waals surface area contributed by atoms with E-state index in [0.717, 1.165) is 18.4 Å². The summed E-state index contributed by atoms with van der Waals surface area (Å²) in [7, 11) is -0.0983. The van der Waals surface area contributed by atoms with E-state index in [4.69, 9.17) is 4.74 Å². The molecule has 1 aliphatic rings.